The Balaban J connectivity index is 2.64. The summed E-state index contributed by atoms with van der Waals surface area (Å²) in [5.74, 6) is 0.977. The van der Waals surface area contributed by atoms with Crippen LogP contribution in [0, 0.1) is 6.92 Å². The number of nitrogens with zero attached hydrogens (tertiary/aromatic N) is 3. The highest BCUT2D eigenvalue weighted by Gasteiger charge is 2.23. The third kappa shape index (κ3) is 1.13. The molecule has 4 heteroatoms. The van der Waals surface area contributed by atoms with E-state index in [9.17, 15) is 4.79 Å². The summed E-state index contributed by atoms with van der Waals surface area (Å²) in [6, 6.07) is 2.33. The first-order valence-electron chi connectivity index (χ1n) is 4.41. The molecule has 13 heavy (non-hydrogen) atoms. The second kappa shape index (κ2) is 2.58. The average molecular weight is 179 g/mol. The number of hydrogen-bond donors (Lipinski definition) is 0. The minimum Gasteiger partial charge on any atom is -0.356 e. The van der Waals surface area contributed by atoms with Crippen molar-refractivity contribution < 1.29 is 0 Å². The molecule has 1 aliphatic rings. The van der Waals surface area contributed by atoms with Crippen molar-refractivity contribution in [1.82, 2.24) is 9.55 Å². The smallest absolute Gasteiger partial charge is 0.349 e. The van der Waals surface area contributed by atoms with Gasteiger partial charge in [-0.2, -0.15) is 4.98 Å². The van der Waals surface area contributed by atoms with Crippen molar-refractivity contribution >= 4 is 5.82 Å². The Morgan fingerprint density at radius 2 is 2.31 bits per heavy atom. The molecule has 0 spiro atoms. The van der Waals surface area contributed by atoms with Gasteiger partial charge >= 0.3 is 5.69 Å². The minimum atomic E-state index is -0.133. The van der Waals surface area contributed by atoms with Crippen LogP contribution in [0.25, 0.3) is 0 Å². The van der Waals surface area contributed by atoms with Crippen molar-refractivity contribution in [3.8, 4) is 0 Å². The van der Waals surface area contributed by atoms with Crippen LogP contribution >= 0.6 is 0 Å². The third-order valence-corrected chi connectivity index (χ3v) is 2.59. The molecule has 0 saturated carbocycles. The Hall–Kier alpha value is -1.32. The van der Waals surface area contributed by atoms with Crippen molar-refractivity contribution in [1.29, 1.82) is 0 Å². The second-order valence-corrected chi connectivity index (χ2v) is 3.61. The van der Waals surface area contributed by atoms with Gasteiger partial charge < -0.3 is 4.90 Å². The first-order chi connectivity index (χ1) is 6.09. The van der Waals surface area contributed by atoms with Crippen LogP contribution in [0.2, 0.25) is 0 Å². The molecule has 0 unspecified atom stereocenters. The summed E-state index contributed by atoms with van der Waals surface area (Å²) in [5.41, 5.74) is 0.656. The lowest BCUT2D eigenvalue weighted by molar-refractivity contribution is 0.631. The van der Waals surface area contributed by atoms with Gasteiger partial charge in [0, 0.05) is 31.4 Å². The molecule has 0 radical (unpaired) electrons. The van der Waals surface area contributed by atoms with Gasteiger partial charge in [-0.05, 0) is 13.8 Å². The Morgan fingerprint density at radius 1 is 1.62 bits per heavy atom. The molecular formula is C9H13N3O. The van der Waals surface area contributed by atoms with Gasteiger partial charge in [-0.15, -0.1) is 0 Å². The monoisotopic (exact) mass is 179 g/mol. The molecule has 1 aromatic rings. The molecule has 0 aromatic carbocycles. The summed E-state index contributed by atoms with van der Waals surface area (Å²) < 4.78 is 1.72. The van der Waals surface area contributed by atoms with Gasteiger partial charge in [-0.1, -0.05) is 0 Å². The van der Waals surface area contributed by atoms with Crippen molar-refractivity contribution in [2.75, 3.05) is 11.9 Å². The minimum absolute atomic E-state index is 0.133. The van der Waals surface area contributed by atoms with E-state index in [2.05, 4.69) is 16.8 Å². The Bertz CT molecular complexity index is 396. The fourth-order valence-electron chi connectivity index (χ4n) is 1.68. The van der Waals surface area contributed by atoms with Gasteiger partial charge in [-0.3, -0.25) is 4.57 Å². The lowest BCUT2D eigenvalue weighted by Gasteiger charge is -2.16. The van der Waals surface area contributed by atoms with Gasteiger partial charge in [0.25, 0.3) is 0 Å². The zero-order valence-corrected chi connectivity index (χ0v) is 8.11. The Labute approximate surface area is 76.8 Å². The third-order valence-electron chi connectivity index (χ3n) is 2.59. The number of hydrogen-bond acceptors (Lipinski definition) is 3. The zero-order chi connectivity index (χ0) is 9.59. The van der Waals surface area contributed by atoms with Crippen LogP contribution in [-0.2, 0) is 6.54 Å². The van der Waals surface area contributed by atoms with E-state index in [1.807, 2.05) is 20.0 Å². The fourth-order valence-corrected chi connectivity index (χ4v) is 1.68. The molecule has 4 nitrogen and oxygen atoms in total. The lowest BCUT2D eigenvalue weighted by atomic mass is 10.3. The maximum Gasteiger partial charge on any atom is 0.349 e. The van der Waals surface area contributed by atoms with Crippen LogP contribution in [0.15, 0.2) is 10.9 Å². The molecule has 2 rings (SSSR count). The van der Waals surface area contributed by atoms with Crippen LogP contribution in [0.4, 0.5) is 5.82 Å². The molecule has 0 saturated heterocycles. The number of rotatable bonds is 0. The van der Waals surface area contributed by atoms with E-state index in [0.717, 1.165) is 18.1 Å². The van der Waals surface area contributed by atoms with E-state index >= 15 is 0 Å². The Morgan fingerprint density at radius 3 is 3.00 bits per heavy atom. The number of aryl methyl sites for hydroxylation is 1. The van der Waals surface area contributed by atoms with E-state index in [-0.39, 0.29) is 5.69 Å². The highest BCUT2D eigenvalue weighted by Crippen LogP contribution is 2.21. The maximum absolute atomic E-state index is 11.4. The fraction of sp³-hybridized carbons (Fsp3) is 0.556. The number of fused-ring (bicyclic) bond motifs is 1. The van der Waals surface area contributed by atoms with Crippen molar-refractivity contribution in [2.45, 2.75) is 26.4 Å². The molecule has 70 valence electrons. The van der Waals surface area contributed by atoms with Crippen molar-refractivity contribution in [3.63, 3.8) is 0 Å². The predicted octanol–water partition coefficient (Wildman–Crippen LogP) is 0.390. The summed E-state index contributed by atoms with van der Waals surface area (Å²) in [7, 11) is 2.00. The second-order valence-electron chi connectivity index (χ2n) is 3.61. The Kier molecular flexibility index (Phi) is 1.65. The first-order valence-corrected chi connectivity index (χ1v) is 4.41. The molecule has 0 N–H and O–H groups in total. The SMILES string of the molecule is Cc1cc2n(c(=O)n1)C[C@H](C)N2C. The van der Waals surface area contributed by atoms with Crippen LogP contribution in [0.5, 0.6) is 0 Å². The predicted molar refractivity (Wildman–Crippen MR) is 51.1 cm³/mol. The molecule has 1 aromatic heterocycles. The highest BCUT2D eigenvalue weighted by molar-refractivity contribution is 5.43. The maximum atomic E-state index is 11.4. The number of aromatic nitrogens is 2. The molecule has 0 bridgehead atoms. The molecule has 0 amide bonds. The highest BCUT2D eigenvalue weighted by atomic mass is 16.1. The molecule has 0 fully saturated rings. The summed E-state index contributed by atoms with van der Waals surface area (Å²) in [4.78, 5) is 17.5. The summed E-state index contributed by atoms with van der Waals surface area (Å²) in [6.45, 7) is 4.69. The number of likely N-dealkylation sites (N-methyl/N-ethyl adjacent to an activating group) is 1. The van der Waals surface area contributed by atoms with Crippen LogP contribution in [0.1, 0.15) is 12.6 Å². The summed E-state index contributed by atoms with van der Waals surface area (Å²) >= 11 is 0. The molecule has 1 aliphatic heterocycles. The number of anilines is 1. The zero-order valence-electron chi connectivity index (χ0n) is 8.11. The molecule has 0 aliphatic carbocycles. The van der Waals surface area contributed by atoms with Gasteiger partial charge in [0.1, 0.15) is 5.82 Å². The van der Waals surface area contributed by atoms with Crippen molar-refractivity contribution in [2.24, 2.45) is 0 Å². The first kappa shape index (κ1) is 8.29. The van der Waals surface area contributed by atoms with Crippen LogP contribution < -0.4 is 10.6 Å². The van der Waals surface area contributed by atoms with Crippen LogP contribution in [-0.4, -0.2) is 22.6 Å². The van der Waals surface area contributed by atoms with E-state index in [0.29, 0.717) is 6.04 Å². The van der Waals surface area contributed by atoms with Crippen molar-refractivity contribution in [3.05, 3.63) is 22.2 Å². The quantitative estimate of drug-likeness (QED) is 0.578. The van der Waals surface area contributed by atoms with Gasteiger partial charge in [0.15, 0.2) is 0 Å². The van der Waals surface area contributed by atoms with E-state index in [4.69, 9.17) is 0 Å². The molecule has 1 atom stereocenters. The van der Waals surface area contributed by atoms with E-state index in [1.54, 1.807) is 4.57 Å². The van der Waals surface area contributed by atoms with Gasteiger partial charge in [-0.25, -0.2) is 4.79 Å². The van der Waals surface area contributed by atoms with E-state index in [1.165, 1.54) is 0 Å². The average Bonchev–Trinajstić information content (AvgIpc) is 2.32. The molecular weight excluding hydrogens is 166 g/mol. The lowest BCUT2D eigenvalue weighted by Crippen LogP contribution is -2.23. The summed E-state index contributed by atoms with van der Waals surface area (Å²) in [6.07, 6.45) is 0. The largest absolute Gasteiger partial charge is 0.356 e. The van der Waals surface area contributed by atoms with E-state index < -0.39 is 0 Å². The summed E-state index contributed by atoms with van der Waals surface area (Å²) in [5, 5.41) is 0. The normalized spacial score (nSPS) is 20.5. The standard InChI is InChI=1S/C9H13N3O/c1-6-4-8-11(3)7(2)5-12(8)9(13)10-6/h4,7H,5H2,1-3H3/t7-/m0/s1. The van der Waals surface area contributed by atoms with Gasteiger partial charge in [0.2, 0.25) is 0 Å². The van der Waals surface area contributed by atoms with Crippen LogP contribution in [0.3, 0.4) is 0 Å². The molecule has 2 heterocycles. The topological polar surface area (TPSA) is 38.1 Å². The van der Waals surface area contributed by atoms with Gasteiger partial charge in [0.05, 0.1) is 0 Å².